The predicted octanol–water partition coefficient (Wildman–Crippen LogP) is 6.24. The molecule has 0 radical (unpaired) electrons. The molecule has 2 N–H and O–H groups in total. The topological polar surface area (TPSA) is 43.1 Å². The first-order chi connectivity index (χ1) is 13.2. The second-order valence-corrected chi connectivity index (χ2v) is 8.47. The first-order valence-corrected chi connectivity index (χ1v) is 12.2. The fourth-order valence-corrected chi connectivity index (χ4v) is 4.21. The number of unbranched alkanes of at least 4 members (excludes halogenated alkanes) is 15. The zero-order valence-electron chi connectivity index (χ0n) is 18.9. The van der Waals surface area contributed by atoms with Gasteiger partial charge in [-0.3, -0.25) is 0 Å². The summed E-state index contributed by atoms with van der Waals surface area (Å²) in [5, 5.41) is 0. The molecule has 0 saturated heterocycles. The molecule has 27 heavy (non-hydrogen) atoms. The third-order valence-electron chi connectivity index (χ3n) is 6.40. The van der Waals surface area contributed by atoms with Crippen molar-refractivity contribution in [3.8, 4) is 0 Å². The summed E-state index contributed by atoms with van der Waals surface area (Å²) in [4.78, 5) is 10.2. The van der Waals surface area contributed by atoms with E-state index in [0.717, 1.165) is 32.2 Å². The monoisotopic (exact) mass is 383 g/mol. The van der Waals surface area contributed by atoms with Gasteiger partial charge in [0.05, 0.1) is 26.2 Å². The minimum absolute atomic E-state index is 0.756. The first-order valence-electron chi connectivity index (χ1n) is 12.2. The highest BCUT2D eigenvalue weighted by Crippen LogP contribution is 2.15. The molecule has 0 aliphatic heterocycles. The van der Waals surface area contributed by atoms with E-state index in [1.165, 1.54) is 114 Å². The van der Waals surface area contributed by atoms with E-state index in [1.807, 2.05) is 0 Å². The van der Waals surface area contributed by atoms with Crippen molar-refractivity contribution in [2.45, 2.75) is 117 Å². The van der Waals surface area contributed by atoms with E-state index >= 15 is 0 Å². The summed E-state index contributed by atoms with van der Waals surface area (Å²) < 4.78 is 1.22. The Labute approximate surface area is 171 Å². The van der Waals surface area contributed by atoms with E-state index in [4.69, 9.17) is 5.73 Å². The van der Waals surface area contributed by atoms with E-state index in [9.17, 15) is 4.79 Å². The summed E-state index contributed by atoms with van der Waals surface area (Å²) in [6, 6.07) is 0. The molecule has 0 spiro atoms. The quantitative estimate of drug-likeness (QED) is 0.136. The molecule has 0 heterocycles. The van der Waals surface area contributed by atoms with Crippen molar-refractivity contribution in [3.05, 3.63) is 0 Å². The van der Waals surface area contributed by atoms with Gasteiger partial charge in [-0.2, -0.15) is 0 Å². The Morgan fingerprint density at radius 1 is 0.593 bits per heavy atom. The van der Waals surface area contributed by atoms with Crippen molar-refractivity contribution in [3.63, 3.8) is 0 Å². The van der Waals surface area contributed by atoms with Gasteiger partial charge in [0.1, 0.15) is 6.29 Å². The van der Waals surface area contributed by atoms with Crippen molar-refractivity contribution < 1.29 is 9.28 Å². The van der Waals surface area contributed by atoms with Crippen molar-refractivity contribution in [1.29, 1.82) is 0 Å². The molecule has 0 unspecified atom stereocenters. The average molecular weight is 384 g/mol. The number of carbonyl (C=O) groups excluding carboxylic acids is 1. The minimum Gasteiger partial charge on any atom is -0.326 e. The maximum absolute atomic E-state index is 10.2. The van der Waals surface area contributed by atoms with Crippen molar-refractivity contribution >= 4 is 6.29 Å². The number of hydrogen-bond donors (Lipinski definition) is 1. The summed E-state index contributed by atoms with van der Waals surface area (Å²) in [5.41, 5.74) is 5.81. The molecule has 0 atom stereocenters. The number of rotatable bonds is 22. The van der Waals surface area contributed by atoms with Crippen LogP contribution >= 0.6 is 0 Å². The number of hydrogen-bond acceptors (Lipinski definition) is 2. The van der Waals surface area contributed by atoms with Crippen LogP contribution in [-0.4, -0.2) is 43.5 Å². The molecule has 0 aromatic rings. The SMILES string of the molecule is CC[N+](CC)(CCN)CCCCCCCCCCCCCCCCCC=O. The lowest BCUT2D eigenvalue weighted by Crippen LogP contribution is -2.51. The molecule has 3 heteroatoms. The van der Waals surface area contributed by atoms with Gasteiger partial charge in [-0.1, -0.05) is 77.0 Å². The smallest absolute Gasteiger partial charge is 0.119 e. The number of aldehydes is 1. The van der Waals surface area contributed by atoms with Crippen molar-refractivity contribution in [1.82, 2.24) is 0 Å². The maximum atomic E-state index is 10.2. The van der Waals surface area contributed by atoms with Gasteiger partial charge in [0.2, 0.25) is 0 Å². The van der Waals surface area contributed by atoms with Crippen LogP contribution in [0.5, 0.6) is 0 Å². The number of carbonyl (C=O) groups is 1. The highest BCUT2D eigenvalue weighted by molar-refractivity contribution is 5.48. The van der Waals surface area contributed by atoms with Gasteiger partial charge >= 0.3 is 0 Å². The summed E-state index contributed by atoms with van der Waals surface area (Å²) in [6.45, 7) is 10.4. The van der Waals surface area contributed by atoms with Crippen LogP contribution in [0.4, 0.5) is 0 Å². The van der Waals surface area contributed by atoms with E-state index in [-0.39, 0.29) is 0 Å². The molecule has 0 fully saturated rings. The number of likely N-dealkylation sites (N-methyl/N-ethyl adjacent to an activating group) is 1. The van der Waals surface area contributed by atoms with Crippen molar-refractivity contribution in [2.75, 3.05) is 32.7 Å². The molecule has 0 aromatic carbocycles. The average Bonchev–Trinajstić information content (AvgIpc) is 2.69. The minimum atomic E-state index is 0.756. The molecule has 0 amide bonds. The van der Waals surface area contributed by atoms with Gasteiger partial charge in [0.25, 0.3) is 0 Å². The molecule has 0 bridgehead atoms. The van der Waals surface area contributed by atoms with Crippen LogP contribution in [0.15, 0.2) is 0 Å². The molecule has 3 nitrogen and oxygen atoms in total. The van der Waals surface area contributed by atoms with Crippen LogP contribution in [0.1, 0.15) is 117 Å². The molecule has 0 saturated carbocycles. The van der Waals surface area contributed by atoms with E-state index in [0.29, 0.717) is 0 Å². The Bertz CT molecular complexity index is 303. The number of nitrogens with zero attached hydrogens (tertiary/aromatic N) is 1. The van der Waals surface area contributed by atoms with Crippen LogP contribution in [0, 0.1) is 0 Å². The molecule has 0 rings (SSSR count). The summed E-state index contributed by atoms with van der Waals surface area (Å²) in [6.07, 6.45) is 22.4. The summed E-state index contributed by atoms with van der Waals surface area (Å²) in [5.74, 6) is 0. The highest BCUT2D eigenvalue weighted by Gasteiger charge is 2.20. The van der Waals surface area contributed by atoms with Crippen LogP contribution in [-0.2, 0) is 4.79 Å². The Morgan fingerprint density at radius 3 is 1.30 bits per heavy atom. The fourth-order valence-electron chi connectivity index (χ4n) is 4.21. The largest absolute Gasteiger partial charge is 0.326 e. The molecular formula is C24H51N2O+. The van der Waals surface area contributed by atoms with Gasteiger partial charge < -0.3 is 15.0 Å². The predicted molar refractivity (Wildman–Crippen MR) is 120 cm³/mol. The third-order valence-corrected chi connectivity index (χ3v) is 6.40. The lowest BCUT2D eigenvalue weighted by Gasteiger charge is -2.36. The van der Waals surface area contributed by atoms with E-state index < -0.39 is 0 Å². The lowest BCUT2D eigenvalue weighted by atomic mass is 10.0. The van der Waals surface area contributed by atoms with Crippen LogP contribution in [0.2, 0.25) is 0 Å². The van der Waals surface area contributed by atoms with E-state index in [1.54, 1.807) is 0 Å². The van der Waals surface area contributed by atoms with Crippen LogP contribution in [0.25, 0.3) is 0 Å². The van der Waals surface area contributed by atoms with Crippen LogP contribution in [0.3, 0.4) is 0 Å². The summed E-state index contributed by atoms with van der Waals surface area (Å²) >= 11 is 0. The van der Waals surface area contributed by atoms with E-state index in [2.05, 4.69) is 13.8 Å². The Kier molecular flexibility index (Phi) is 20.0. The standard InChI is InChI=1S/C24H51N2O/c1-3-26(4-2,23-21-25)22-19-17-15-13-11-9-7-5-6-8-10-12-14-16-18-20-24-27/h24H,3-23,25H2,1-2H3/q+1. The first kappa shape index (κ1) is 26.6. The highest BCUT2D eigenvalue weighted by atomic mass is 16.1. The number of nitrogens with two attached hydrogens (primary N) is 1. The van der Waals surface area contributed by atoms with Gasteiger partial charge in [0, 0.05) is 13.0 Å². The molecule has 0 aromatic heterocycles. The normalized spacial score (nSPS) is 11.8. The summed E-state index contributed by atoms with van der Waals surface area (Å²) in [7, 11) is 0. The second kappa shape index (κ2) is 20.3. The van der Waals surface area contributed by atoms with Crippen LogP contribution < -0.4 is 5.73 Å². The fraction of sp³-hybridized carbons (Fsp3) is 0.958. The Hall–Kier alpha value is -0.410. The lowest BCUT2D eigenvalue weighted by molar-refractivity contribution is -0.923. The van der Waals surface area contributed by atoms with Gasteiger partial charge in [-0.25, -0.2) is 0 Å². The molecule has 162 valence electrons. The molecule has 0 aliphatic rings. The van der Waals surface area contributed by atoms with Crippen molar-refractivity contribution in [2.24, 2.45) is 5.73 Å². The Balaban J connectivity index is 3.28. The second-order valence-electron chi connectivity index (χ2n) is 8.47. The third kappa shape index (κ3) is 16.3. The Morgan fingerprint density at radius 2 is 0.963 bits per heavy atom. The van der Waals surface area contributed by atoms with Gasteiger partial charge in [-0.15, -0.1) is 0 Å². The molecular weight excluding hydrogens is 332 g/mol. The van der Waals surface area contributed by atoms with Gasteiger partial charge in [-0.05, 0) is 33.1 Å². The zero-order valence-corrected chi connectivity index (χ0v) is 18.9. The molecule has 0 aliphatic carbocycles. The van der Waals surface area contributed by atoms with Gasteiger partial charge in [0.15, 0.2) is 0 Å². The maximum Gasteiger partial charge on any atom is 0.119 e. The zero-order chi connectivity index (χ0) is 20.1. The number of quaternary nitrogens is 1.